The number of hydrazone groups is 1. The van der Waals surface area contributed by atoms with Crippen molar-refractivity contribution >= 4 is 23.7 Å². The van der Waals surface area contributed by atoms with E-state index in [0.717, 1.165) is 5.56 Å². The lowest BCUT2D eigenvalue weighted by Gasteiger charge is -1.98. The van der Waals surface area contributed by atoms with Gasteiger partial charge in [0.25, 0.3) is 5.91 Å². The predicted molar refractivity (Wildman–Crippen MR) is 90.5 cm³/mol. The summed E-state index contributed by atoms with van der Waals surface area (Å²) in [6.45, 7) is 0. The summed E-state index contributed by atoms with van der Waals surface area (Å²) < 4.78 is 12.8. The maximum atomic E-state index is 12.8. The summed E-state index contributed by atoms with van der Waals surface area (Å²) in [6.07, 6.45) is 1.42. The van der Waals surface area contributed by atoms with E-state index in [2.05, 4.69) is 20.7 Å². The molecule has 24 heavy (non-hydrogen) atoms. The van der Waals surface area contributed by atoms with Gasteiger partial charge in [-0.05, 0) is 29.8 Å². The molecule has 2 aromatic carbocycles. The van der Waals surface area contributed by atoms with Gasteiger partial charge in [0.2, 0.25) is 0 Å². The van der Waals surface area contributed by atoms with Crippen LogP contribution in [0.2, 0.25) is 5.02 Å². The maximum Gasteiger partial charge on any atom is 0.289 e. The third-order valence-electron chi connectivity index (χ3n) is 3.22. The molecule has 3 aromatic rings. The first-order chi connectivity index (χ1) is 11.6. The lowest BCUT2D eigenvalue weighted by atomic mass is 10.1. The van der Waals surface area contributed by atoms with E-state index in [1.54, 1.807) is 24.3 Å². The molecule has 120 valence electrons. The van der Waals surface area contributed by atoms with Gasteiger partial charge in [-0.2, -0.15) is 10.2 Å². The predicted octanol–water partition coefficient (Wildman–Crippen LogP) is 3.63. The molecule has 0 fully saturated rings. The molecule has 0 atom stereocenters. The van der Waals surface area contributed by atoms with Crippen molar-refractivity contribution in [1.29, 1.82) is 0 Å². The monoisotopic (exact) mass is 342 g/mol. The first-order valence-electron chi connectivity index (χ1n) is 7.03. The quantitative estimate of drug-likeness (QED) is 0.561. The molecule has 0 aliphatic carbocycles. The molecule has 0 aliphatic heterocycles. The Hall–Kier alpha value is -2.99. The molecule has 0 unspecified atom stereocenters. The number of H-pyrrole nitrogens is 1. The zero-order valence-electron chi connectivity index (χ0n) is 12.3. The Kier molecular flexibility index (Phi) is 4.67. The minimum Gasteiger partial charge on any atom is -0.272 e. The summed E-state index contributed by atoms with van der Waals surface area (Å²) in [6, 6.07) is 14.5. The number of carbonyl (C=O) groups is 1. The van der Waals surface area contributed by atoms with Gasteiger partial charge in [0, 0.05) is 5.56 Å². The van der Waals surface area contributed by atoms with Crippen molar-refractivity contribution < 1.29 is 9.18 Å². The molecule has 0 radical (unpaired) electrons. The summed E-state index contributed by atoms with van der Waals surface area (Å²) in [4.78, 5) is 12.0. The first-order valence-corrected chi connectivity index (χ1v) is 7.40. The Bertz CT molecular complexity index is 890. The van der Waals surface area contributed by atoms with Crippen LogP contribution in [0.5, 0.6) is 0 Å². The van der Waals surface area contributed by atoms with E-state index < -0.39 is 5.91 Å². The number of carbonyl (C=O) groups excluding carboxylic acids is 1. The molecule has 5 nitrogen and oxygen atoms in total. The van der Waals surface area contributed by atoms with Crippen LogP contribution in [0.4, 0.5) is 4.39 Å². The number of benzene rings is 2. The number of hydrogen-bond acceptors (Lipinski definition) is 3. The van der Waals surface area contributed by atoms with Crippen molar-refractivity contribution in [3.63, 3.8) is 0 Å². The number of aromatic amines is 1. The highest BCUT2D eigenvalue weighted by Crippen LogP contribution is 2.26. The van der Waals surface area contributed by atoms with E-state index in [-0.39, 0.29) is 11.5 Å². The minimum atomic E-state index is -0.445. The molecule has 7 heteroatoms. The molecule has 0 aliphatic rings. The van der Waals surface area contributed by atoms with Crippen molar-refractivity contribution in [3.05, 3.63) is 76.7 Å². The van der Waals surface area contributed by atoms with Crippen LogP contribution >= 0.6 is 11.6 Å². The molecule has 3 rings (SSSR count). The standard InChI is InChI=1S/C17H12ClFN4O/c18-14-4-2-1-3-13(14)15-9-16(22-21-15)17(24)23-20-10-11-5-7-12(19)8-6-11/h1-10H,(H,21,22)(H,23,24)/b20-10-. The fourth-order valence-corrected chi connectivity index (χ4v) is 2.25. The highest BCUT2D eigenvalue weighted by Gasteiger charge is 2.12. The normalized spacial score (nSPS) is 10.9. The van der Waals surface area contributed by atoms with Gasteiger partial charge < -0.3 is 0 Å². The second-order valence-electron chi connectivity index (χ2n) is 4.90. The molecule has 0 spiro atoms. The molecule has 2 N–H and O–H groups in total. The zero-order valence-corrected chi connectivity index (χ0v) is 13.1. The zero-order chi connectivity index (χ0) is 16.9. The van der Waals surface area contributed by atoms with E-state index >= 15 is 0 Å². The van der Waals surface area contributed by atoms with Gasteiger partial charge in [0.1, 0.15) is 11.5 Å². The Morgan fingerprint density at radius 3 is 2.71 bits per heavy atom. The highest BCUT2D eigenvalue weighted by molar-refractivity contribution is 6.33. The van der Waals surface area contributed by atoms with Crippen LogP contribution in [-0.2, 0) is 0 Å². The highest BCUT2D eigenvalue weighted by atomic mass is 35.5. The number of nitrogens with one attached hydrogen (secondary N) is 2. The number of nitrogens with zero attached hydrogens (tertiary/aromatic N) is 2. The maximum absolute atomic E-state index is 12.8. The van der Waals surface area contributed by atoms with Crippen LogP contribution in [0.3, 0.4) is 0 Å². The van der Waals surface area contributed by atoms with Gasteiger partial charge in [0.05, 0.1) is 16.9 Å². The topological polar surface area (TPSA) is 70.1 Å². The lowest BCUT2D eigenvalue weighted by Crippen LogP contribution is -2.17. The van der Waals surface area contributed by atoms with Gasteiger partial charge in [-0.25, -0.2) is 9.82 Å². The lowest BCUT2D eigenvalue weighted by molar-refractivity contribution is 0.0950. The van der Waals surface area contributed by atoms with Crippen LogP contribution in [0.25, 0.3) is 11.3 Å². The van der Waals surface area contributed by atoms with Crippen LogP contribution in [0, 0.1) is 5.82 Å². The minimum absolute atomic E-state index is 0.251. The van der Waals surface area contributed by atoms with Crippen LogP contribution in [0.15, 0.2) is 59.7 Å². The molecule has 1 aromatic heterocycles. The molecular formula is C17H12ClFN4O. The Morgan fingerprint density at radius 1 is 1.21 bits per heavy atom. The SMILES string of the molecule is O=C(N/N=C\c1ccc(F)cc1)c1cc(-c2ccccc2Cl)n[nH]1. The number of amides is 1. The molecule has 0 saturated carbocycles. The molecule has 1 amide bonds. The van der Waals surface area contributed by atoms with Gasteiger partial charge >= 0.3 is 0 Å². The molecule has 0 saturated heterocycles. The number of rotatable bonds is 4. The Labute approximate surface area is 142 Å². The summed E-state index contributed by atoms with van der Waals surface area (Å²) in [5.74, 6) is -0.778. The van der Waals surface area contributed by atoms with Crippen LogP contribution < -0.4 is 5.43 Å². The Balaban J connectivity index is 1.68. The van der Waals surface area contributed by atoms with Crippen LogP contribution in [-0.4, -0.2) is 22.3 Å². The molecular weight excluding hydrogens is 331 g/mol. The third-order valence-corrected chi connectivity index (χ3v) is 3.55. The van der Waals surface area contributed by atoms with Crippen molar-refractivity contribution in [1.82, 2.24) is 15.6 Å². The van der Waals surface area contributed by atoms with E-state index in [0.29, 0.717) is 16.3 Å². The number of halogens is 2. The fourth-order valence-electron chi connectivity index (χ4n) is 2.02. The van der Waals surface area contributed by atoms with Crippen molar-refractivity contribution in [3.8, 4) is 11.3 Å². The first kappa shape index (κ1) is 15.9. The van der Waals surface area contributed by atoms with Gasteiger partial charge in [0.15, 0.2) is 0 Å². The number of aromatic nitrogens is 2. The molecule has 0 bridgehead atoms. The largest absolute Gasteiger partial charge is 0.289 e. The van der Waals surface area contributed by atoms with E-state index in [4.69, 9.17) is 11.6 Å². The Morgan fingerprint density at radius 2 is 1.96 bits per heavy atom. The van der Waals surface area contributed by atoms with Gasteiger partial charge in [-0.1, -0.05) is 41.9 Å². The van der Waals surface area contributed by atoms with Crippen molar-refractivity contribution in [2.45, 2.75) is 0 Å². The summed E-state index contributed by atoms with van der Waals surface area (Å²) in [5, 5.41) is 11.1. The van der Waals surface area contributed by atoms with Gasteiger partial charge in [-0.3, -0.25) is 9.89 Å². The van der Waals surface area contributed by atoms with Gasteiger partial charge in [-0.15, -0.1) is 0 Å². The number of hydrogen-bond donors (Lipinski definition) is 2. The summed E-state index contributed by atoms with van der Waals surface area (Å²) >= 11 is 6.11. The smallest absolute Gasteiger partial charge is 0.272 e. The summed E-state index contributed by atoms with van der Waals surface area (Å²) in [7, 11) is 0. The van der Waals surface area contributed by atoms with E-state index in [1.807, 2.05) is 18.2 Å². The molecule has 1 heterocycles. The average molecular weight is 343 g/mol. The fraction of sp³-hybridized carbons (Fsp3) is 0. The van der Waals surface area contributed by atoms with Crippen LogP contribution in [0.1, 0.15) is 16.1 Å². The van der Waals surface area contributed by atoms with E-state index in [1.165, 1.54) is 18.3 Å². The second-order valence-corrected chi connectivity index (χ2v) is 5.30. The average Bonchev–Trinajstić information content (AvgIpc) is 3.07. The second kappa shape index (κ2) is 7.06. The van der Waals surface area contributed by atoms with Crippen molar-refractivity contribution in [2.24, 2.45) is 5.10 Å². The van der Waals surface area contributed by atoms with Crippen molar-refractivity contribution in [2.75, 3.05) is 0 Å². The third kappa shape index (κ3) is 3.67. The van der Waals surface area contributed by atoms with E-state index in [9.17, 15) is 9.18 Å². The summed E-state index contributed by atoms with van der Waals surface area (Å²) in [5.41, 5.74) is 4.58.